The van der Waals surface area contributed by atoms with Crippen molar-refractivity contribution in [2.45, 2.75) is 18.9 Å². The first-order chi connectivity index (χ1) is 10.6. The zero-order chi connectivity index (χ0) is 16.1. The monoisotopic (exact) mass is 318 g/mol. The Hall–Kier alpha value is -1.91. The number of benzene rings is 1. The lowest BCUT2D eigenvalue weighted by Crippen LogP contribution is -2.23. The molecule has 0 fully saturated rings. The van der Waals surface area contributed by atoms with Gasteiger partial charge in [-0.2, -0.15) is 0 Å². The van der Waals surface area contributed by atoms with Gasteiger partial charge in [0.05, 0.1) is 10.7 Å². The van der Waals surface area contributed by atoms with Gasteiger partial charge in [-0.15, -0.1) is 0 Å². The van der Waals surface area contributed by atoms with Crippen LogP contribution in [0.5, 0.6) is 0 Å². The third-order valence-electron chi connectivity index (χ3n) is 3.71. The summed E-state index contributed by atoms with van der Waals surface area (Å²) in [6.07, 6.45) is 1.54. The molecule has 0 heterocycles. The fraction of sp³-hybridized carbons (Fsp3) is 0.294. The van der Waals surface area contributed by atoms with E-state index in [1.807, 2.05) is 30.3 Å². The summed E-state index contributed by atoms with van der Waals surface area (Å²) in [5.41, 5.74) is 9.53. The fourth-order valence-corrected chi connectivity index (χ4v) is 2.94. The molecule has 4 nitrogen and oxygen atoms in total. The average molecular weight is 319 g/mol. The summed E-state index contributed by atoms with van der Waals surface area (Å²) in [5, 5.41) is 0.373. The number of carbonyl (C=O) groups excluding carboxylic acids is 1. The predicted octanol–water partition coefficient (Wildman–Crippen LogP) is 3.14. The number of halogens is 1. The summed E-state index contributed by atoms with van der Waals surface area (Å²) in [6.45, 7) is 0. The first-order valence-corrected chi connectivity index (χ1v) is 7.39. The predicted molar refractivity (Wildman–Crippen MR) is 88.9 cm³/mol. The van der Waals surface area contributed by atoms with Gasteiger partial charge in [0.1, 0.15) is 12.4 Å². The Morgan fingerprint density at radius 2 is 2.05 bits per heavy atom. The molecule has 22 heavy (non-hydrogen) atoms. The van der Waals surface area contributed by atoms with Gasteiger partial charge in [-0.25, -0.2) is 0 Å². The van der Waals surface area contributed by atoms with Crippen molar-refractivity contribution < 1.29 is 9.53 Å². The summed E-state index contributed by atoms with van der Waals surface area (Å²) in [7, 11) is 3.28. The second-order valence-corrected chi connectivity index (χ2v) is 5.37. The SMILES string of the molecule is CN=C(C1=C(N)CCC(C=O)=C1Cl)C(OC)c1ccccc1. The van der Waals surface area contributed by atoms with Crippen LogP contribution in [0.25, 0.3) is 0 Å². The highest BCUT2D eigenvalue weighted by Crippen LogP contribution is 2.35. The molecular formula is C17H19ClN2O2. The van der Waals surface area contributed by atoms with Gasteiger partial charge in [0, 0.05) is 31.0 Å². The molecule has 0 bridgehead atoms. The minimum atomic E-state index is -0.389. The lowest BCUT2D eigenvalue weighted by atomic mass is 9.90. The van der Waals surface area contributed by atoms with Crippen molar-refractivity contribution in [3.63, 3.8) is 0 Å². The minimum absolute atomic E-state index is 0.373. The van der Waals surface area contributed by atoms with Gasteiger partial charge in [-0.3, -0.25) is 9.79 Å². The van der Waals surface area contributed by atoms with Crippen molar-refractivity contribution in [3.05, 3.63) is 57.8 Å². The number of rotatable bonds is 5. The number of aliphatic imine (C=N–C) groups is 1. The number of nitrogens with zero attached hydrogens (tertiary/aromatic N) is 1. The van der Waals surface area contributed by atoms with Crippen molar-refractivity contribution in [1.82, 2.24) is 0 Å². The van der Waals surface area contributed by atoms with Crippen molar-refractivity contribution in [1.29, 1.82) is 0 Å². The van der Waals surface area contributed by atoms with Crippen LogP contribution in [-0.4, -0.2) is 26.2 Å². The van der Waals surface area contributed by atoms with Crippen LogP contribution >= 0.6 is 11.6 Å². The lowest BCUT2D eigenvalue weighted by Gasteiger charge is -2.25. The van der Waals surface area contributed by atoms with E-state index in [2.05, 4.69) is 4.99 Å². The van der Waals surface area contributed by atoms with Crippen molar-refractivity contribution in [2.75, 3.05) is 14.2 Å². The van der Waals surface area contributed by atoms with Crippen LogP contribution in [0.3, 0.4) is 0 Å². The van der Waals surface area contributed by atoms with Crippen LogP contribution in [0, 0.1) is 0 Å². The summed E-state index contributed by atoms with van der Waals surface area (Å²) < 4.78 is 5.62. The molecule has 0 radical (unpaired) electrons. The van der Waals surface area contributed by atoms with E-state index in [0.29, 0.717) is 40.4 Å². The summed E-state index contributed by atoms with van der Waals surface area (Å²) in [5.74, 6) is 0. The molecule has 0 spiro atoms. The highest BCUT2D eigenvalue weighted by Gasteiger charge is 2.28. The molecule has 5 heteroatoms. The molecule has 0 aliphatic heterocycles. The molecule has 2 rings (SSSR count). The molecule has 0 saturated carbocycles. The van der Waals surface area contributed by atoms with E-state index in [1.54, 1.807) is 14.2 Å². The van der Waals surface area contributed by atoms with E-state index in [4.69, 9.17) is 22.1 Å². The highest BCUT2D eigenvalue weighted by atomic mass is 35.5. The smallest absolute Gasteiger partial charge is 0.147 e. The van der Waals surface area contributed by atoms with Crippen LogP contribution in [0.4, 0.5) is 0 Å². The maximum atomic E-state index is 11.2. The van der Waals surface area contributed by atoms with Crippen LogP contribution in [0.1, 0.15) is 24.5 Å². The number of hydrogen-bond donors (Lipinski definition) is 1. The quantitative estimate of drug-likeness (QED) is 0.670. The first kappa shape index (κ1) is 16.5. The number of aldehydes is 1. The standard InChI is InChI=1S/C17H19ClN2O2/c1-20-16(17(22-2)11-6-4-3-5-7-11)14-13(19)9-8-12(10-21)15(14)18/h3-7,10,17H,8-9,19H2,1-2H3. The van der Waals surface area contributed by atoms with Gasteiger partial charge < -0.3 is 10.5 Å². The van der Waals surface area contributed by atoms with Crippen LogP contribution in [-0.2, 0) is 9.53 Å². The molecule has 1 aliphatic rings. The molecule has 2 N–H and O–H groups in total. The largest absolute Gasteiger partial charge is 0.401 e. The van der Waals surface area contributed by atoms with Crippen molar-refractivity contribution in [2.24, 2.45) is 10.7 Å². The minimum Gasteiger partial charge on any atom is -0.401 e. The molecule has 1 aromatic rings. The van der Waals surface area contributed by atoms with Gasteiger partial charge >= 0.3 is 0 Å². The molecule has 116 valence electrons. The van der Waals surface area contributed by atoms with E-state index < -0.39 is 0 Å². The Kier molecular flexibility index (Phi) is 5.52. The van der Waals surface area contributed by atoms with Crippen LogP contribution in [0.15, 0.2) is 57.2 Å². The molecule has 1 unspecified atom stereocenters. The highest BCUT2D eigenvalue weighted by molar-refractivity contribution is 6.38. The number of hydrogen-bond acceptors (Lipinski definition) is 4. The topological polar surface area (TPSA) is 64.7 Å². The number of allylic oxidation sites excluding steroid dienone is 3. The van der Waals surface area contributed by atoms with E-state index in [-0.39, 0.29) is 6.10 Å². The fourth-order valence-electron chi connectivity index (χ4n) is 2.59. The molecule has 1 atom stereocenters. The Morgan fingerprint density at radius 3 is 2.59 bits per heavy atom. The van der Waals surface area contributed by atoms with Gasteiger partial charge in [-0.05, 0) is 18.4 Å². The summed E-state index contributed by atoms with van der Waals surface area (Å²) >= 11 is 6.38. The third kappa shape index (κ3) is 3.13. The molecule has 1 aromatic carbocycles. The number of methoxy groups -OCH3 is 1. The van der Waals surface area contributed by atoms with Crippen molar-refractivity contribution >= 4 is 23.6 Å². The Labute approximate surface area is 135 Å². The van der Waals surface area contributed by atoms with E-state index in [1.165, 1.54) is 0 Å². The van der Waals surface area contributed by atoms with E-state index >= 15 is 0 Å². The zero-order valence-electron chi connectivity index (χ0n) is 12.7. The Morgan fingerprint density at radius 1 is 1.36 bits per heavy atom. The zero-order valence-corrected chi connectivity index (χ0v) is 13.4. The van der Waals surface area contributed by atoms with Crippen LogP contribution in [0.2, 0.25) is 0 Å². The van der Waals surface area contributed by atoms with E-state index in [0.717, 1.165) is 11.8 Å². The van der Waals surface area contributed by atoms with Gasteiger partial charge in [0.15, 0.2) is 0 Å². The Bertz CT molecular complexity index is 648. The second kappa shape index (κ2) is 7.38. The molecular weight excluding hydrogens is 300 g/mol. The van der Waals surface area contributed by atoms with E-state index in [9.17, 15) is 4.79 Å². The normalized spacial score (nSPS) is 17.7. The lowest BCUT2D eigenvalue weighted by molar-refractivity contribution is -0.105. The maximum absolute atomic E-state index is 11.2. The number of nitrogens with two attached hydrogens (primary N) is 1. The molecule has 0 saturated heterocycles. The Balaban J connectivity index is 2.52. The first-order valence-electron chi connectivity index (χ1n) is 7.01. The van der Waals surface area contributed by atoms with Gasteiger partial charge in [0.25, 0.3) is 0 Å². The second-order valence-electron chi connectivity index (χ2n) is 4.99. The van der Waals surface area contributed by atoms with Crippen LogP contribution < -0.4 is 5.73 Å². The average Bonchev–Trinajstić information content (AvgIpc) is 2.55. The van der Waals surface area contributed by atoms with Gasteiger partial charge in [-0.1, -0.05) is 41.9 Å². The molecule has 0 aromatic heterocycles. The summed E-state index contributed by atoms with van der Waals surface area (Å²) in [6, 6.07) is 9.71. The third-order valence-corrected chi connectivity index (χ3v) is 4.14. The molecule has 1 aliphatic carbocycles. The van der Waals surface area contributed by atoms with Gasteiger partial charge in [0.2, 0.25) is 0 Å². The van der Waals surface area contributed by atoms with Crippen molar-refractivity contribution in [3.8, 4) is 0 Å². The molecule has 0 amide bonds. The number of carbonyl (C=O) groups is 1. The number of ether oxygens (including phenoxy) is 1. The summed E-state index contributed by atoms with van der Waals surface area (Å²) in [4.78, 5) is 15.5. The maximum Gasteiger partial charge on any atom is 0.147 e.